The number of carbonyl (C=O) groups excluding carboxylic acids is 1. The summed E-state index contributed by atoms with van der Waals surface area (Å²) in [6.07, 6.45) is 1.87. The average molecular weight is 390 g/mol. The Bertz CT molecular complexity index is 1000. The van der Waals surface area contributed by atoms with Crippen LogP contribution in [0.1, 0.15) is 22.3 Å². The molecule has 1 amide bonds. The highest BCUT2D eigenvalue weighted by atomic mass is 16.5. The van der Waals surface area contributed by atoms with Crippen molar-refractivity contribution in [1.82, 2.24) is 10.6 Å². The second-order valence-corrected chi connectivity index (χ2v) is 7.46. The zero-order valence-corrected chi connectivity index (χ0v) is 17.1. The number of benzene rings is 2. The minimum absolute atomic E-state index is 0.175. The van der Waals surface area contributed by atoms with Crippen molar-refractivity contribution in [1.29, 1.82) is 0 Å². The minimum Gasteiger partial charge on any atom is -0.378 e. The molecule has 2 saturated heterocycles. The van der Waals surface area contributed by atoms with Crippen LogP contribution < -0.4 is 15.5 Å². The number of nitrogens with one attached hydrogen (secondary N) is 2. The molecule has 0 radical (unpaired) electrons. The van der Waals surface area contributed by atoms with E-state index in [1.54, 1.807) is 0 Å². The summed E-state index contributed by atoms with van der Waals surface area (Å²) in [5.74, 6) is 0.281. The molecule has 0 saturated carbocycles. The molecule has 0 aromatic heterocycles. The number of anilines is 1. The van der Waals surface area contributed by atoms with Crippen LogP contribution in [0.5, 0.6) is 0 Å². The summed E-state index contributed by atoms with van der Waals surface area (Å²) in [6.45, 7) is 9.48. The molecule has 2 aromatic rings. The molecule has 4 rings (SSSR count). The normalized spacial score (nSPS) is 19.6. The van der Waals surface area contributed by atoms with Crippen molar-refractivity contribution in [3.8, 4) is 0 Å². The van der Waals surface area contributed by atoms with Crippen molar-refractivity contribution in [2.45, 2.75) is 20.8 Å². The van der Waals surface area contributed by atoms with Gasteiger partial charge in [0.25, 0.3) is 5.91 Å². The molecule has 2 fully saturated rings. The van der Waals surface area contributed by atoms with E-state index in [0.717, 1.165) is 48.7 Å². The average Bonchev–Trinajstić information content (AvgIpc) is 3.06. The number of hydrogen-bond acceptors (Lipinski definition) is 4. The number of aryl methyl sites for hydroxylation is 2. The number of morpholine rings is 1. The van der Waals surface area contributed by atoms with Crippen LogP contribution in [0.3, 0.4) is 0 Å². The van der Waals surface area contributed by atoms with Crippen LogP contribution in [0.4, 0.5) is 11.4 Å². The molecular formula is C23H26N4O2. The number of guanidine groups is 1. The fourth-order valence-electron chi connectivity index (χ4n) is 3.52. The quantitative estimate of drug-likeness (QED) is 0.790. The fraction of sp³-hybridized carbons (Fsp3) is 0.304. The largest absolute Gasteiger partial charge is 0.378 e. The first-order valence-electron chi connectivity index (χ1n) is 9.89. The Morgan fingerprint density at radius 2 is 1.83 bits per heavy atom. The predicted octanol–water partition coefficient (Wildman–Crippen LogP) is 3.20. The van der Waals surface area contributed by atoms with Gasteiger partial charge >= 0.3 is 0 Å². The third-order valence-corrected chi connectivity index (χ3v) is 5.47. The predicted molar refractivity (Wildman–Crippen MR) is 116 cm³/mol. The Hall–Kier alpha value is -3.12. The van der Waals surface area contributed by atoms with E-state index in [0.29, 0.717) is 11.7 Å². The number of rotatable bonds is 3. The number of carbonyl (C=O) groups is 1. The maximum Gasteiger partial charge on any atom is 0.274 e. The Morgan fingerprint density at radius 3 is 2.59 bits per heavy atom. The number of aliphatic imine (C=N–C) groups is 1. The minimum atomic E-state index is -0.175. The molecule has 0 unspecified atom stereocenters. The first-order chi connectivity index (χ1) is 14.0. The number of ether oxygens (including phenoxy) is 1. The van der Waals surface area contributed by atoms with Gasteiger partial charge in [-0.05, 0) is 67.3 Å². The molecule has 29 heavy (non-hydrogen) atoms. The number of nitrogens with zero attached hydrogens (tertiary/aromatic N) is 2. The molecule has 150 valence electrons. The second-order valence-electron chi connectivity index (χ2n) is 7.46. The van der Waals surface area contributed by atoms with Gasteiger partial charge in [0.15, 0.2) is 0 Å². The molecule has 0 spiro atoms. The van der Waals surface area contributed by atoms with Gasteiger partial charge in [-0.1, -0.05) is 18.2 Å². The molecule has 6 nitrogen and oxygen atoms in total. The van der Waals surface area contributed by atoms with Crippen molar-refractivity contribution in [3.05, 3.63) is 64.3 Å². The fourth-order valence-corrected chi connectivity index (χ4v) is 3.52. The Kier molecular flexibility index (Phi) is 5.36. The van der Waals surface area contributed by atoms with E-state index in [-0.39, 0.29) is 5.91 Å². The SMILES string of the molecule is Cc1cc(N2CCOCC2)ccc1/C=C1/NC(=Nc2cccc(C)c2C)NC1=O. The van der Waals surface area contributed by atoms with Crippen LogP contribution in [-0.2, 0) is 9.53 Å². The molecule has 2 aliphatic rings. The van der Waals surface area contributed by atoms with Crippen LogP contribution in [0, 0.1) is 20.8 Å². The van der Waals surface area contributed by atoms with Crippen molar-refractivity contribution >= 4 is 29.3 Å². The van der Waals surface area contributed by atoms with E-state index in [9.17, 15) is 4.79 Å². The summed E-state index contributed by atoms with van der Waals surface area (Å²) >= 11 is 0. The third-order valence-electron chi connectivity index (χ3n) is 5.47. The molecule has 0 bridgehead atoms. The van der Waals surface area contributed by atoms with Gasteiger partial charge < -0.3 is 15.0 Å². The third kappa shape index (κ3) is 4.17. The van der Waals surface area contributed by atoms with Gasteiger partial charge in [-0.25, -0.2) is 4.99 Å². The molecule has 2 N–H and O–H groups in total. The van der Waals surface area contributed by atoms with E-state index in [1.807, 2.05) is 38.1 Å². The summed E-state index contributed by atoms with van der Waals surface area (Å²) in [4.78, 5) is 19.3. The smallest absolute Gasteiger partial charge is 0.274 e. The maximum atomic E-state index is 12.4. The molecule has 2 aliphatic heterocycles. The van der Waals surface area contributed by atoms with Gasteiger partial charge in [-0.3, -0.25) is 10.1 Å². The Morgan fingerprint density at radius 1 is 1.03 bits per heavy atom. The first-order valence-corrected chi connectivity index (χ1v) is 9.89. The highest BCUT2D eigenvalue weighted by Gasteiger charge is 2.22. The highest BCUT2D eigenvalue weighted by molar-refractivity contribution is 6.16. The second kappa shape index (κ2) is 8.09. The molecular weight excluding hydrogens is 364 g/mol. The lowest BCUT2D eigenvalue weighted by molar-refractivity contribution is -0.115. The van der Waals surface area contributed by atoms with Crippen LogP contribution in [-0.4, -0.2) is 38.2 Å². The van der Waals surface area contributed by atoms with Crippen molar-refractivity contribution in [2.75, 3.05) is 31.2 Å². The van der Waals surface area contributed by atoms with Gasteiger partial charge in [0.1, 0.15) is 5.70 Å². The van der Waals surface area contributed by atoms with Gasteiger partial charge in [0.05, 0.1) is 18.9 Å². The van der Waals surface area contributed by atoms with E-state index in [4.69, 9.17) is 4.74 Å². The summed E-state index contributed by atoms with van der Waals surface area (Å²) in [7, 11) is 0. The van der Waals surface area contributed by atoms with Gasteiger partial charge in [0.2, 0.25) is 5.96 Å². The zero-order valence-electron chi connectivity index (χ0n) is 17.1. The van der Waals surface area contributed by atoms with Crippen LogP contribution in [0.25, 0.3) is 6.08 Å². The molecule has 2 aromatic carbocycles. The first kappa shape index (κ1) is 19.2. The zero-order chi connectivity index (χ0) is 20.4. The summed E-state index contributed by atoms with van der Waals surface area (Å²) < 4.78 is 5.43. The van der Waals surface area contributed by atoms with Crippen molar-refractivity contribution in [3.63, 3.8) is 0 Å². The number of amides is 1. The summed E-state index contributed by atoms with van der Waals surface area (Å²) in [5.41, 5.74) is 6.93. The molecule has 0 aliphatic carbocycles. The van der Waals surface area contributed by atoms with Gasteiger partial charge in [-0.15, -0.1) is 0 Å². The monoisotopic (exact) mass is 390 g/mol. The standard InChI is InChI=1S/C23H26N4O2/c1-15-5-4-6-20(17(15)3)24-23-25-21(22(28)26-23)14-18-7-8-19(13-16(18)2)27-9-11-29-12-10-27/h4-8,13-14H,9-12H2,1-3H3,(H2,24,25,26,28)/b21-14+. The van der Waals surface area contributed by atoms with Crippen molar-refractivity contribution < 1.29 is 9.53 Å². The number of hydrogen-bond donors (Lipinski definition) is 2. The maximum absolute atomic E-state index is 12.4. The lowest BCUT2D eigenvalue weighted by atomic mass is 10.1. The van der Waals surface area contributed by atoms with Gasteiger partial charge in [-0.2, -0.15) is 0 Å². The molecule has 6 heteroatoms. The lowest BCUT2D eigenvalue weighted by Crippen LogP contribution is -2.36. The molecule has 0 atom stereocenters. The van der Waals surface area contributed by atoms with E-state index in [2.05, 4.69) is 45.6 Å². The topological polar surface area (TPSA) is 66.0 Å². The Balaban J connectivity index is 1.54. The van der Waals surface area contributed by atoms with Gasteiger partial charge in [0, 0.05) is 18.8 Å². The molecule has 2 heterocycles. The summed E-state index contributed by atoms with van der Waals surface area (Å²) in [6, 6.07) is 12.3. The van der Waals surface area contributed by atoms with Crippen LogP contribution >= 0.6 is 0 Å². The van der Waals surface area contributed by atoms with Crippen LogP contribution in [0.15, 0.2) is 47.1 Å². The van der Waals surface area contributed by atoms with Crippen molar-refractivity contribution in [2.24, 2.45) is 4.99 Å². The lowest BCUT2D eigenvalue weighted by Gasteiger charge is -2.29. The van der Waals surface area contributed by atoms with E-state index >= 15 is 0 Å². The highest BCUT2D eigenvalue weighted by Crippen LogP contribution is 2.23. The van der Waals surface area contributed by atoms with Crippen LogP contribution in [0.2, 0.25) is 0 Å². The Labute approximate surface area is 171 Å². The summed E-state index contributed by atoms with van der Waals surface area (Å²) in [5, 5.41) is 5.92. The van der Waals surface area contributed by atoms with E-state index in [1.165, 1.54) is 11.3 Å². The van der Waals surface area contributed by atoms with E-state index < -0.39 is 0 Å².